The minimum Gasteiger partial charge on any atom is -0.490 e. The third kappa shape index (κ3) is 2.83. The zero-order valence-electron chi connectivity index (χ0n) is 8.29. The highest BCUT2D eigenvalue weighted by atomic mass is 19.1. The van der Waals surface area contributed by atoms with Gasteiger partial charge in [-0.2, -0.15) is 0 Å². The van der Waals surface area contributed by atoms with Crippen LogP contribution in [0.1, 0.15) is 24.2 Å². The molecular formula is C11H13FO2. The van der Waals surface area contributed by atoms with Crippen LogP contribution in [0.3, 0.4) is 0 Å². The summed E-state index contributed by atoms with van der Waals surface area (Å²) in [5, 5.41) is 0. The lowest BCUT2D eigenvalue weighted by Gasteiger charge is -2.09. The van der Waals surface area contributed by atoms with E-state index in [-0.39, 0.29) is 12.4 Å². The van der Waals surface area contributed by atoms with Gasteiger partial charge in [0.25, 0.3) is 0 Å². The molecule has 0 aliphatic carbocycles. The molecule has 1 aromatic carbocycles. The van der Waals surface area contributed by atoms with E-state index < -0.39 is 6.17 Å². The lowest BCUT2D eigenvalue weighted by atomic mass is 10.1. The number of hydrogen-bond acceptors (Lipinski definition) is 2. The predicted octanol–water partition coefficient (Wildman–Crippen LogP) is 2.63. The third-order valence-electron chi connectivity index (χ3n) is 1.73. The van der Waals surface area contributed by atoms with Gasteiger partial charge in [0.05, 0.1) is 5.56 Å². The van der Waals surface area contributed by atoms with Gasteiger partial charge >= 0.3 is 0 Å². The van der Waals surface area contributed by atoms with Crippen molar-refractivity contribution < 1.29 is 13.9 Å². The molecule has 0 amide bonds. The molecule has 1 rings (SSSR count). The van der Waals surface area contributed by atoms with E-state index in [1.165, 1.54) is 13.8 Å². The van der Waals surface area contributed by atoms with Crippen LogP contribution in [0.5, 0.6) is 5.75 Å². The lowest BCUT2D eigenvalue weighted by Crippen LogP contribution is -2.10. The van der Waals surface area contributed by atoms with Gasteiger partial charge in [-0.05, 0) is 26.0 Å². The van der Waals surface area contributed by atoms with Crippen LogP contribution in [-0.2, 0) is 0 Å². The number of para-hydroxylation sites is 1. The molecule has 3 heteroatoms. The SMILES string of the molecule is CC(=O)c1ccccc1OCC(C)F. The maximum atomic E-state index is 12.5. The highest BCUT2D eigenvalue weighted by molar-refractivity contribution is 5.96. The summed E-state index contributed by atoms with van der Waals surface area (Å²) in [6.07, 6.45) is -1.03. The molecule has 0 radical (unpaired) electrons. The molecule has 0 N–H and O–H groups in total. The second-order valence-electron chi connectivity index (χ2n) is 3.14. The zero-order chi connectivity index (χ0) is 10.6. The minimum absolute atomic E-state index is 0.0235. The van der Waals surface area contributed by atoms with Crippen molar-refractivity contribution in [2.24, 2.45) is 0 Å². The van der Waals surface area contributed by atoms with Crippen LogP contribution >= 0.6 is 0 Å². The molecule has 0 aliphatic rings. The summed E-state index contributed by atoms with van der Waals surface area (Å²) in [5.74, 6) is 0.372. The summed E-state index contributed by atoms with van der Waals surface area (Å²) in [5.41, 5.74) is 0.494. The fourth-order valence-electron chi connectivity index (χ4n) is 1.09. The monoisotopic (exact) mass is 196 g/mol. The van der Waals surface area contributed by atoms with Gasteiger partial charge in [-0.25, -0.2) is 4.39 Å². The first kappa shape index (κ1) is 10.7. The maximum absolute atomic E-state index is 12.5. The van der Waals surface area contributed by atoms with Gasteiger partial charge in [0.15, 0.2) is 5.78 Å². The molecule has 0 saturated heterocycles. The molecule has 0 saturated carbocycles. The molecule has 0 bridgehead atoms. The van der Waals surface area contributed by atoms with Crippen molar-refractivity contribution in [1.82, 2.24) is 0 Å². The van der Waals surface area contributed by atoms with Crippen molar-refractivity contribution in [2.45, 2.75) is 20.0 Å². The summed E-state index contributed by atoms with van der Waals surface area (Å²) in [6, 6.07) is 6.84. The largest absolute Gasteiger partial charge is 0.490 e. The molecule has 1 atom stereocenters. The van der Waals surface area contributed by atoms with Gasteiger partial charge in [0.1, 0.15) is 18.5 Å². The Morgan fingerprint density at radius 1 is 1.50 bits per heavy atom. The number of Topliss-reactive ketones (excluding diaryl/α,β-unsaturated/α-hetero) is 1. The molecular weight excluding hydrogens is 183 g/mol. The highest BCUT2D eigenvalue weighted by Crippen LogP contribution is 2.18. The lowest BCUT2D eigenvalue weighted by molar-refractivity contribution is 0.101. The second-order valence-corrected chi connectivity index (χ2v) is 3.14. The Labute approximate surface area is 82.7 Å². The smallest absolute Gasteiger partial charge is 0.163 e. The summed E-state index contributed by atoms with van der Waals surface area (Å²) in [6.45, 7) is 2.85. The van der Waals surface area contributed by atoms with Crippen LogP contribution in [-0.4, -0.2) is 18.6 Å². The van der Waals surface area contributed by atoms with Gasteiger partial charge in [-0.1, -0.05) is 12.1 Å². The quantitative estimate of drug-likeness (QED) is 0.692. The number of hydrogen-bond donors (Lipinski definition) is 0. The highest BCUT2D eigenvalue weighted by Gasteiger charge is 2.08. The number of rotatable bonds is 4. The van der Waals surface area contributed by atoms with Crippen LogP contribution < -0.4 is 4.74 Å². The van der Waals surface area contributed by atoms with Crippen molar-refractivity contribution in [3.63, 3.8) is 0 Å². The van der Waals surface area contributed by atoms with Crippen LogP contribution in [0.4, 0.5) is 4.39 Å². The summed E-state index contributed by atoms with van der Waals surface area (Å²) < 4.78 is 17.7. The van der Waals surface area contributed by atoms with Gasteiger partial charge in [0.2, 0.25) is 0 Å². The number of carbonyl (C=O) groups is 1. The molecule has 14 heavy (non-hydrogen) atoms. The Balaban J connectivity index is 2.79. The van der Waals surface area contributed by atoms with Gasteiger partial charge < -0.3 is 4.74 Å². The van der Waals surface area contributed by atoms with E-state index in [1.54, 1.807) is 24.3 Å². The fourth-order valence-corrected chi connectivity index (χ4v) is 1.09. The minimum atomic E-state index is -1.03. The average Bonchev–Trinajstić information content (AvgIpc) is 2.15. The molecule has 0 spiro atoms. The van der Waals surface area contributed by atoms with Crippen LogP contribution in [0.2, 0.25) is 0 Å². The Kier molecular flexibility index (Phi) is 3.63. The van der Waals surface area contributed by atoms with E-state index in [9.17, 15) is 9.18 Å². The first-order chi connectivity index (χ1) is 6.61. The molecule has 76 valence electrons. The molecule has 1 aromatic rings. The number of ether oxygens (including phenoxy) is 1. The molecule has 0 aromatic heterocycles. The third-order valence-corrected chi connectivity index (χ3v) is 1.73. The van der Waals surface area contributed by atoms with Gasteiger partial charge in [-0.15, -0.1) is 0 Å². The molecule has 1 unspecified atom stereocenters. The van der Waals surface area contributed by atoms with Crippen molar-refractivity contribution in [1.29, 1.82) is 0 Å². The van der Waals surface area contributed by atoms with Crippen LogP contribution in [0.15, 0.2) is 24.3 Å². The van der Waals surface area contributed by atoms with E-state index in [4.69, 9.17) is 4.74 Å². The van der Waals surface area contributed by atoms with E-state index in [1.807, 2.05) is 0 Å². The van der Waals surface area contributed by atoms with Crippen LogP contribution in [0.25, 0.3) is 0 Å². The van der Waals surface area contributed by atoms with E-state index in [0.717, 1.165) is 0 Å². The number of carbonyl (C=O) groups excluding carboxylic acids is 1. The number of alkyl halides is 1. The fraction of sp³-hybridized carbons (Fsp3) is 0.364. The van der Waals surface area contributed by atoms with E-state index in [0.29, 0.717) is 11.3 Å². The normalized spacial score (nSPS) is 12.2. The zero-order valence-corrected chi connectivity index (χ0v) is 8.29. The number of benzene rings is 1. The Bertz CT molecular complexity index is 321. The second kappa shape index (κ2) is 4.74. The Hall–Kier alpha value is -1.38. The first-order valence-electron chi connectivity index (χ1n) is 4.48. The average molecular weight is 196 g/mol. The maximum Gasteiger partial charge on any atom is 0.163 e. The number of ketones is 1. The molecule has 0 fully saturated rings. The Morgan fingerprint density at radius 2 is 2.14 bits per heavy atom. The predicted molar refractivity (Wildman–Crippen MR) is 52.5 cm³/mol. The first-order valence-corrected chi connectivity index (χ1v) is 4.48. The standard InChI is InChI=1S/C11H13FO2/c1-8(12)7-14-11-6-4-3-5-10(11)9(2)13/h3-6,8H,7H2,1-2H3. The summed E-state index contributed by atoms with van der Waals surface area (Å²) in [7, 11) is 0. The van der Waals surface area contributed by atoms with Crippen molar-refractivity contribution in [3.8, 4) is 5.75 Å². The molecule has 0 heterocycles. The van der Waals surface area contributed by atoms with Crippen LogP contribution in [0, 0.1) is 0 Å². The molecule has 0 aliphatic heterocycles. The topological polar surface area (TPSA) is 26.3 Å². The van der Waals surface area contributed by atoms with E-state index >= 15 is 0 Å². The van der Waals surface area contributed by atoms with Crippen molar-refractivity contribution in [3.05, 3.63) is 29.8 Å². The van der Waals surface area contributed by atoms with Gasteiger partial charge in [0, 0.05) is 0 Å². The molecule has 2 nitrogen and oxygen atoms in total. The van der Waals surface area contributed by atoms with Gasteiger partial charge in [-0.3, -0.25) is 4.79 Å². The van der Waals surface area contributed by atoms with Crippen molar-refractivity contribution in [2.75, 3.05) is 6.61 Å². The Morgan fingerprint density at radius 3 is 2.71 bits per heavy atom. The van der Waals surface area contributed by atoms with Crippen molar-refractivity contribution >= 4 is 5.78 Å². The van der Waals surface area contributed by atoms with E-state index in [2.05, 4.69) is 0 Å². The summed E-state index contributed by atoms with van der Waals surface area (Å²) in [4.78, 5) is 11.1. The summed E-state index contributed by atoms with van der Waals surface area (Å²) >= 11 is 0. The number of halogens is 1.